The first-order valence-electron chi connectivity index (χ1n) is 5.22. The lowest BCUT2D eigenvalue weighted by Gasteiger charge is -2.16. The zero-order valence-electron chi connectivity index (χ0n) is 8.74. The van der Waals surface area contributed by atoms with Crippen LogP contribution >= 0.6 is 15.9 Å². The molecule has 1 N–H and O–H groups in total. The van der Waals surface area contributed by atoms with Crippen LogP contribution in [0.15, 0.2) is 22.9 Å². The lowest BCUT2D eigenvalue weighted by molar-refractivity contribution is 0.108. The minimum Gasteiger partial charge on any atom is -0.384 e. The molecular weight excluding hydrogens is 256 g/mol. The average Bonchev–Trinajstić information content (AvgIpc) is 2.63. The SMILES string of the molecule is CC1OCCC1CNc1ccncc1Br. The maximum absolute atomic E-state index is 5.52. The van der Waals surface area contributed by atoms with Crippen molar-refractivity contribution in [2.75, 3.05) is 18.5 Å². The van der Waals surface area contributed by atoms with Crippen LogP contribution < -0.4 is 5.32 Å². The van der Waals surface area contributed by atoms with Gasteiger partial charge >= 0.3 is 0 Å². The van der Waals surface area contributed by atoms with Gasteiger partial charge in [-0.05, 0) is 35.3 Å². The van der Waals surface area contributed by atoms with Crippen LogP contribution in [-0.4, -0.2) is 24.2 Å². The van der Waals surface area contributed by atoms with Crippen molar-refractivity contribution in [2.24, 2.45) is 5.92 Å². The first-order valence-corrected chi connectivity index (χ1v) is 6.01. The van der Waals surface area contributed by atoms with Crippen molar-refractivity contribution in [1.29, 1.82) is 0 Å². The van der Waals surface area contributed by atoms with Crippen molar-refractivity contribution in [2.45, 2.75) is 19.4 Å². The number of anilines is 1. The number of ether oxygens (including phenoxy) is 1. The second-order valence-corrected chi connectivity index (χ2v) is 4.72. The minimum atomic E-state index is 0.373. The van der Waals surface area contributed by atoms with Gasteiger partial charge in [-0.25, -0.2) is 0 Å². The molecule has 0 amide bonds. The van der Waals surface area contributed by atoms with Gasteiger partial charge in [-0.2, -0.15) is 0 Å². The fourth-order valence-corrected chi connectivity index (χ4v) is 2.19. The Bertz CT molecular complexity index is 332. The molecule has 1 aliphatic heterocycles. The Morgan fingerprint density at radius 2 is 2.53 bits per heavy atom. The third kappa shape index (κ3) is 2.69. The summed E-state index contributed by atoms with van der Waals surface area (Å²) in [5.41, 5.74) is 1.10. The Labute approximate surface area is 98.4 Å². The summed E-state index contributed by atoms with van der Waals surface area (Å²) in [4.78, 5) is 4.03. The zero-order valence-corrected chi connectivity index (χ0v) is 10.3. The van der Waals surface area contributed by atoms with Crippen molar-refractivity contribution in [3.63, 3.8) is 0 Å². The molecule has 3 nitrogen and oxygen atoms in total. The molecule has 2 heterocycles. The van der Waals surface area contributed by atoms with E-state index < -0.39 is 0 Å². The second-order valence-electron chi connectivity index (χ2n) is 3.86. The van der Waals surface area contributed by atoms with E-state index in [0.29, 0.717) is 12.0 Å². The van der Waals surface area contributed by atoms with Crippen molar-refractivity contribution >= 4 is 21.6 Å². The van der Waals surface area contributed by atoms with Gasteiger partial charge in [0.15, 0.2) is 0 Å². The quantitative estimate of drug-likeness (QED) is 0.917. The minimum absolute atomic E-state index is 0.373. The molecule has 1 aromatic rings. The van der Waals surface area contributed by atoms with Crippen molar-refractivity contribution in [3.8, 4) is 0 Å². The molecule has 0 spiro atoms. The third-order valence-electron chi connectivity index (χ3n) is 2.86. The van der Waals surface area contributed by atoms with Crippen LogP contribution in [0.5, 0.6) is 0 Å². The van der Waals surface area contributed by atoms with Crippen LogP contribution in [0.3, 0.4) is 0 Å². The number of rotatable bonds is 3. The molecule has 4 heteroatoms. The molecule has 0 aliphatic carbocycles. The number of pyridine rings is 1. The van der Waals surface area contributed by atoms with Gasteiger partial charge in [-0.3, -0.25) is 4.98 Å². The summed E-state index contributed by atoms with van der Waals surface area (Å²) in [6, 6.07) is 1.98. The van der Waals surface area contributed by atoms with E-state index in [0.717, 1.165) is 29.7 Å². The van der Waals surface area contributed by atoms with Gasteiger partial charge in [-0.1, -0.05) is 0 Å². The molecule has 2 rings (SSSR count). The molecule has 1 aromatic heterocycles. The standard InChI is InChI=1S/C11H15BrN2O/c1-8-9(3-5-15-8)6-14-11-2-4-13-7-10(11)12/h2,4,7-9H,3,5-6H2,1H3,(H,13,14). The summed E-state index contributed by atoms with van der Waals surface area (Å²) in [5.74, 6) is 0.616. The smallest absolute Gasteiger partial charge is 0.0592 e. The largest absolute Gasteiger partial charge is 0.384 e. The monoisotopic (exact) mass is 270 g/mol. The summed E-state index contributed by atoms with van der Waals surface area (Å²) in [7, 11) is 0. The number of hydrogen-bond donors (Lipinski definition) is 1. The third-order valence-corrected chi connectivity index (χ3v) is 3.49. The van der Waals surface area contributed by atoms with E-state index in [9.17, 15) is 0 Å². The summed E-state index contributed by atoms with van der Waals surface area (Å²) in [6.45, 7) is 4.00. The zero-order chi connectivity index (χ0) is 10.7. The number of nitrogens with one attached hydrogen (secondary N) is 1. The molecular formula is C11H15BrN2O. The van der Waals surface area contributed by atoms with E-state index in [1.54, 1.807) is 12.4 Å². The molecule has 1 saturated heterocycles. The van der Waals surface area contributed by atoms with Gasteiger partial charge in [0.2, 0.25) is 0 Å². The molecule has 2 unspecified atom stereocenters. The van der Waals surface area contributed by atoms with Crippen LogP contribution in [0.1, 0.15) is 13.3 Å². The summed E-state index contributed by atoms with van der Waals surface area (Å²) in [5, 5.41) is 3.42. The van der Waals surface area contributed by atoms with Crippen LogP contribution in [0, 0.1) is 5.92 Å². The summed E-state index contributed by atoms with van der Waals surface area (Å²) >= 11 is 3.46. The molecule has 0 saturated carbocycles. The Kier molecular flexibility index (Phi) is 3.59. The van der Waals surface area contributed by atoms with Crippen LogP contribution in [-0.2, 0) is 4.74 Å². The predicted molar refractivity (Wildman–Crippen MR) is 63.9 cm³/mol. The second kappa shape index (κ2) is 4.94. The lowest BCUT2D eigenvalue weighted by Crippen LogP contribution is -2.20. The molecule has 0 bridgehead atoms. The van der Waals surface area contributed by atoms with Gasteiger partial charge in [0.25, 0.3) is 0 Å². The summed E-state index contributed by atoms with van der Waals surface area (Å²) in [6.07, 6.45) is 5.12. The number of halogens is 1. The van der Waals surface area contributed by atoms with Crippen molar-refractivity contribution < 1.29 is 4.74 Å². The first kappa shape index (κ1) is 10.9. The Morgan fingerprint density at radius 3 is 3.20 bits per heavy atom. The Balaban J connectivity index is 1.90. The predicted octanol–water partition coefficient (Wildman–Crippen LogP) is 2.68. The fourth-order valence-electron chi connectivity index (χ4n) is 1.80. The normalized spacial score (nSPS) is 25.5. The van der Waals surface area contributed by atoms with Gasteiger partial charge in [-0.15, -0.1) is 0 Å². The summed E-state index contributed by atoms with van der Waals surface area (Å²) < 4.78 is 6.53. The van der Waals surface area contributed by atoms with Crippen LogP contribution in [0.25, 0.3) is 0 Å². The van der Waals surface area contributed by atoms with E-state index in [-0.39, 0.29) is 0 Å². The topological polar surface area (TPSA) is 34.1 Å². The maximum atomic E-state index is 5.52. The van der Waals surface area contributed by atoms with E-state index in [1.165, 1.54) is 0 Å². The van der Waals surface area contributed by atoms with Crippen LogP contribution in [0.2, 0.25) is 0 Å². The number of nitrogens with zero attached hydrogens (tertiary/aromatic N) is 1. The molecule has 82 valence electrons. The lowest BCUT2D eigenvalue weighted by atomic mass is 10.0. The van der Waals surface area contributed by atoms with Gasteiger partial charge in [0.05, 0.1) is 16.3 Å². The van der Waals surface area contributed by atoms with Gasteiger partial charge in [0.1, 0.15) is 0 Å². The van der Waals surface area contributed by atoms with E-state index >= 15 is 0 Å². The highest BCUT2D eigenvalue weighted by Crippen LogP contribution is 2.24. The highest BCUT2D eigenvalue weighted by molar-refractivity contribution is 9.10. The molecule has 1 aliphatic rings. The number of aromatic nitrogens is 1. The molecule has 0 aromatic carbocycles. The fraction of sp³-hybridized carbons (Fsp3) is 0.545. The van der Waals surface area contributed by atoms with Gasteiger partial charge in [0, 0.05) is 31.5 Å². The highest BCUT2D eigenvalue weighted by Gasteiger charge is 2.23. The molecule has 0 radical (unpaired) electrons. The van der Waals surface area contributed by atoms with Crippen LogP contribution in [0.4, 0.5) is 5.69 Å². The number of hydrogen-bond acceptors (Lipinski definition) is 3. The Morgan fingerprint density at radius 1 is 1.67 bits per heavy atom. The Hall–Kier alpha value is -0.610. The van der Waals surface area contributed by atoms with Crippen molar-refractivity contribution in [3.05, 3.63) is 22.9 Å². The molecule has 1 fully saturated rings. The van der Waals surface area contributed by atoms with E-state index in [1.807, 2.05) is 6.07 Å². The molecule has 15 heavy (non-hydrogen) atoms. The maximum Gasteiger partial charge on any atom is 0.0592 e. The molecule has 2 atom stereocenters. The van der Waals surface area contributed by atoms with E-state index in [4.69, 9.17) is 4.74 Å². The van der Waals surface area contributed by atoms with Crippen molar-refractivity contribution in [1.82, 2.24) is 4.98 Å². The highest BCUT2D eigenvalue weighted by atomic mass is 79.9. The van der Waals surface area contributed by atoms with E-state index in [2.05, 4.69) is 33.2 Å². The van der Waals surface area contributed by atoms with Gasteiger partial charge < -0.3 is 10.1 Å². The first-order chi connectivity index (χ1) is 7.27. The average molecular weight is 271 g/mol.